The van der Waals surface area contributed by atoms with Gasteiger partial charge in [0.05, 0.1) is 11.5 Å². The second kappa shape index (κ2) is 5.94. The van der Waals surface area contributed by atoms with Crippen molar-refractivity contribution >= 4 is 17.4 Å². The zero-order valence-corrected chi connectivity index (χ0v) is 11.3. The van der Waals surface area contributed by atoms with Crippen molar-refractivity contribution in [3.8, 4) is 0 Å². The van der Waals surface area contributed by atoms with Gasteiger partial charge in [0.2, 0.25) is 5.89 Å². The minimum atomic E-state index is -0.667. The van der Waals surface area contributed by atoms with Crippen molar-refractivity contribution in [2.24, 2.45) is 0 Å². The standard InChI is InChI=1S/C11H12N6O4/c1-6-15-10(16-21-6)5-14-11(18)7-3-9(12-2)13-4-8(7)17(19)20/h3-4H,5H2,1-2H3,(H,12,13)(H,14,18). The fourth-order valence-corrected chi connectivity index (χ4v) is 1.58. The lowest BCUT2D eigenvalue weighted by Crippen LogP contribution is -2.24. The zero-order valence-electron chi connectivity index (χ0n) is 11.3. The van der Waals surface area contributed by atoms with E-state index in [2.05, 4.69) is 25.8 Å². The van der Waals surface area contributed by atoms with E-state index in [4.69, 9.17) is 4.52 Å². The molecule has 2 aromatic rings. The SMILES string of the molecule is CNc1cc(C(=O)NCc2noc(C)n2)c([N+](=O)[O-])cn1. The summed E-state index contributed by atoms with van der Waals surface area (Å²) in [6.45, 7) is 1.62. The topological polar surface area (TPSA) is 136 Å². The third-order valence-electron chi connectivity index (χ3n) is 2.56. The Balaban J connectivity index is 2.19. The van der Waals surface area contributed by atoms with Gasteiger partial charge in [0.1, 0.15) is 17.6 Å². The lowest BCUT2D eigenvalue weighted by atomic mass is 10.2. The number of aromatic nitrogens is 3. The summed E-state index contributed by atoms with van der Waals surface area (Å²) in [6.07, 6.45) is 1.03. The largest absolute Gasteiger partial charge is 0.373 e. The van der Waals surface area contributed by atoms with Crippen LogP contribution >= 0.6 is 0 Å². The molecule has 0 spiro atoms. The third-order valence-corrected chi connectivity index (χ3v) is 2.56. The van der Waals surface area contributed by atoms with Crippen LogP contribution in [-0.4, -0.2) is 33.0 Å². The summed E-state index contributed by atoms with van der Waals surface area (Å²) in [4.78, 5) is 30.1. The number of anilines is 1. The quantitative estimate of drug-likeness (QED) is 0.605. The zero-order chi connectivity index (χ0) is 15.4. The van der Waals surface area contributed by atoms with Crippen LogP contribution in [0.15, 0.2) is 16.8 Å². The highest BCUT2D eigenvalue weighted by molar-refractivity contribution is 5.98. The van der Waals surface area contributed by atoms with Crippen molar-refractivity contribution in [1.29, 1.82) is 0 Å². The van der Waals surface area contributed by atoms with Gasteiger partial charge in [0.25, 0.3) is 11.6 Å². The van der Waals surface area contributed by atoms with E-state index in [0.717, 1.165) is 6.20 Å². The highest BCUT2D eigenvalue weighted by Crippen LogP contribution is 2.20. The van der Waals surface area contributed by atoms with Gasteiger partial charge in [-0.25, -0.2) is 4.98 Å². The minimum Gasteiger partial charge on any atom is -0.373 e. The van der Waals surface area contributed by atoms with E-state index in [1.165, 1.54) is 6.07 Å². The third kappa shape index (κ3) is 3.29. The highest BCUT2D eigenvalue weighted by atomic mass is 16.6. The number of nitrogens with zero attached hydrogens (tertiary/aromatic N) is 4. The molecule has 0 aliphatic carbocycles. The van der Waals surface area contributed by atoms with E-state index in [-0.39, 0.29) is 23.6 Å². The molecule has 21 heavy (non-hydrogen) atoms. The van der Waals surface area contributed by atoms with Crippen LogP contribution in [0.1, 0.15) is 22.1 Å². The first-order chi connectivity index (χ1) is 10.0. The first-order valence-corrected chi connectivity index (χ1v) is 5.91. The van der Waals surface area contributed by atoms with Gasteiger partial charge in [-0.1, -0.05) is 5.16 Å². The maximum Gasteiger partial charge on any atom is 0.300 e. The molecule has 0 atom stereocenters. The number of amides is 1. The summed E-state index contributed by atoms with van der Waals surface area (Å²) >= 11 is 0. The van der Waals surface area contributed by atoms with E-state index in [1.807, 2.05) is 0 Å². The fourth-order valence-electron chi connectivity index (χ4n) is 1.58. The fraction of sp³-hybridized carbons (Fsp3) is 0.273. The smallest absolute Gasteiger partial charge is 0.300 e. The Morgan fingerprint density at radius 3 is 2.86 bits per heavy atom. The monoisotopic (exact) mass is 292 g/mol. The molecule has 1 amide bonds. The summed E-state index contributed by atoms with van der Waals surface area (Å²) in [5.41, 5.74) is -0.477. The summed E-state index contributed by atoms with van der Waals surface area (Å²) < 4.78 is 4.76. The lowest BCUT2D eigenvalue weighted by Gasteiger charge is -2.05. The van der Waals surface area contributed by atoms with E-state index < -0.39 is 10.8 Å². The van der Waals surface area contributed by atoms with Crippen LogP contribution < -0.4 is 10.6 Å². The maximum atomic E-state index is 12.1. The van der Waals surface area contributed by atoms with Gasteiger partial charge in [-0.3, -0.25) is 14.9 Å². The lowest BCUT2D eigenvalue weighted by molar-refractivity contribution is -0.385. The summed E-state index contributed by atoms with van der Waals surface area (Å²) in [5, 5.41) is 19.7. The van der Waals surface area contributed by atoms with Gasteiger partial charge >= 0.3 is 0 Å². The highest BCUT2D eigenvalue weighted by Gasteiger charge is 2.21. The molecule has 2 aromatic heterocycles. The van der Waals surface area contributed by atoms with Crippen molar-refractivity contribution in [1.82, 2.24) is 20.4 Å². The molecule has 110 valence electrons. The van der Waals surface area contributed by atoms with Crippen LogP contribution in [0.2, 0.25) is 0 Å². The molecule has 0 aliphatic rings. The predicted octanol–water partition coefficient (Wildman–Crippen LogP) is 0.653. The first kappa shape index (κ1) is 14.4. The molecule has 0 bridgehead atoms. The number of pyridine rings is 1. The van der Waals surface area contributed by atoms with Crippen LogP contribution in [0.3, 0.4) is 0 Å². The van der Waals surface area contributed by atoms with Gasteiger partial charge in [-0.2, -0.15) is 4.98 Å². The van der Waals surface area contributed by atoms with Crippen LogP contribution in [-0.2, 0) is 6.54 Å². The second-order valence-electron chi connectivity index (χ2n) is 4.01. The van der Waals surface area contributed by atoms with Crippen molar-refractivity contribution in [2.75, 3.05) is 12.4 Å². The number of hydrogen-bond acceptors (Lipinski definition) is 8. The Bertz CT molecular complexity index is 683. The van der Waals surface area contributed by atoms with Crippen LogP contribution in [0.25, 0.3) is 0 Å². The van der Waals surface area contributed by atoms with Gasteiger partial charge in [0, 0.05) is 20.0 Å². The molecule has 10 nitrogen and oxygen atoms in total. The molecule has 0 saturated heterocycles. The van der Waals surface area contributed by atoms with Gasteiger partial charge in [0.15, 0.2) is 5.82 Å². The molecular weight excluding hydrogens is 280 g/mol. The molecule has 0 saturated carbocycles. The van der Waals surface area contributed by atoms with Crippen molar-refractivity contribution < 1.29 is 14.2 Å². The summed E-state index contributed by atoms with van der Waals surface area (Å²) in [5.74, 6) is 0.377. The number of carbonyl (C=O) groups excluding carboxylic acids is 1. The molecule has 0 aliphatic heterocycles. The minimum absolute atomic E-state index is 0.00450. The van der Waals surface area contributed by atoms with E-state index >= 15 is 0 Å². The second-order valence-corrected chi connectivity index (χ2v) is 4.01. The number of hydrogen-bond donors (Lipinski definition) is 2. The van der Waals surface area contributed by atoms with Crippen LogP contribution in [0.4, 0.5) is 11.5 Å². The van der Waals surface area contributed by atoms with Crippen LogP contribution in [0, 0.1) is 17.0 Å². The Labute approximate surface area is 118 Å². The first-order valence-electron chi connectivity index (χ1n) is 5.91. The van der Waals surface area contributed by atoms with E-state index in [0.29, 0.717) is 11.7 Å². The Morgan fingerprint density at radius 2 is 2.29 bits per heavy atom. The molecule has 10 heteroatoms. The summed E-state index contributed by atoms with van der Waals surface area (Å²) in [6, 6.07) is 1.30. The number of nitrogens with one attached hydrogen (secondary N) is 2. The van der Waals surface area contributed by atoms with Crippen molar-refractivity contribution in [2.45, 2.75) is 13.5 Å². The number of rotatable bonds is 5. The number of nitro groups is 1. The molecule has 2 N–H and O–H groups in total. The molecule has 2 heterocycles. The van der Waals surface area contributed by atoms with Gasteiger partial charge in [-0.05, 0) is 0 Å². The molecule has 0 fully saturated rings. The van der Waals surface area contributed by atoms with E-state index in [9.17, 15) is 14.9 Å². The van der Waals surface area contributed by atoms with Crippen molar-refractivity contribution in [3.63, 3.8) is 0 Å². The molecule has 0 aromatic carbocycles. The average Bonchev–Trinajstić information content (AvgIpc) is 2.89. The Hall–Kier alpha value is -3.04. The predicted molar refractivity (Wildman–Crippen MR) is 70.6 cm³/mol. The Morgan fingerprint density at radius 1 is 1.52 bits per heavy atom. The Kier molecular flexibility index (Phi) is 4.07. The number of carbonyl (C=O) groups is 1. The van der Waals surface area contributed by atoms with Gasteiger partial charge < -0.3 is 15.2 Å². The molecular formula is C11H12N6O4. The molecule has 0 radical (unpaired) electrons. The molecule has 2 rings (SSSR count). The normalized spacial score (nSPS) is 10.2. The number of aryl methyl sites for hydroxylation is 1. The summed E-state index contributed by atoms with van der Waals surface area (Å²) in [7, 11) is 1.60. The average molecular weight is 292 g/mol. The van der Waals surface area contributed by atoms with E-state index in [1.54, 1.807) is 14.0 Å². The van der Waals surface area contributed by atoms with Crippen LogP contribution in [0.5, 0.6) is 0 Å². The molecule has 0 unspecified atom stereocenters. The maximum absolute atomic E-state index is 12.1. The van der Waals surface area contributed by atoms with Gasteiger partial charge in [-0.15, -0.1) is 0 Å². The van der Waals surface area contributed by atoms with Crippen molar-refractivity contribution in [3.05, 3.63) is 39.7 Å².